The molecule has 0 aromatic heterocycles. The van der Waals surface area contributed by atoms with Crippen LogP contribution in [0, 0.1) is 0 Å². The van der Waals surface area contributed by atoms with Crippen LogP contribution in [0.1, 0.15) is 0 Å². The van der Waals surface area contributed by atoms with Crippen LogP contribution in [0.5, 0.6) is 0 Å². The summed E-state index contributed by atoms with van der Waals surface area (Å²) in [6.45, 7) is 0.129. The van der Waals surface area contributed by atoms with Gasteiger partial charge in [0.2, 0.25) is 0 Å². The van der Waals surface area contributed by atoms with E-state index < -0.39 is 12.9 Å². The molecule has 0 radical (unpaired) electrons. The van der Waals surface area contributed by atoms with Crippen LogP contribution in [-0.4, -0.2) is 12.9 Å². The number of hydrogen-bond acceptors (Lipinski definition) is 2. The molecule has 0 amide bonds. The van der Waals surface area contributed by atoms with Gasteiger partial charge in [-0.15, -0.1) is 0 Å². The maximum atomic E-state index is 10.9. The molecule has 0 aliphatic rings. The summed E-state index contributed by atoms with van der Waals surface area (Å²) >= 11 is 11.9. The van der Waals surface area contributed by atoms with E-state index in [9.17, 15) is 4.79 Å². The van der Waals surface area contributed by atoms with Gasteiger partial charge >= 0.3 is 12.9 Å². The van der Waals surface area contributed by atoms with E-state index >= 15 is 0 Å². The van der Waals surface area contributed by atoms with E-state index in [4.69, 9.17) is 26.6 Å². The fourth-order valence-corrected chi connectivity index (χ4v) is 3.11. The zero-order valence-electron chi connectivity index (χ0n) is 7.24. The van der Waals surface area contributed by atoms with Crippen molar-refractivity contribution in [2.45, 2.75) is 0 Å². The van der Waals surface area contributed by atoms with E-state index in [1.54, 1.807) is 24.3 Å². The van der Waals surface area contributed by atoms with Crippen molar-refractivity contribution in [3.8, 4) is 0 Å². The molecule has 0 bridgehead atoms. The third-order valence-electron chi connectivity index (χ3n) is 1.51. The highest BCUT2D eigenvalue weighted by Gasteiger charge is 2.36. The highest BCUT2D eigenvalue weighted by Crippen LogP contribution is 2.16. The second-order valence-corrected chi connectivity index (χ2v) is 8.10. The average Bonchev–Trinajstić information content (AvgIpc) is 2.18. The van der Waals surface area contributed by atoms with E-state index in [0.29, 0.717) is 5.19 Å². The van der Waals surface area contributed by atoms with Crippen molar-refractivity contribution >= 4 is 40.3 Å². The van der Waals surface area contributed by atoms with Gasteiger partial charge in [-0.05, 0) is 0 Å². The van der Waals surface area contributed by atoms with Gasteiger partial charge in [-0.2, -0.15) is 0 Å². The Hall–Kier alpha value is -0.773. The first kappa shape index (κ1) is 11.3. The molecule has 74 valence electrons. The predicted molar refractivity (Wildman–Crippen MR) is 59.8 cm³/mol. The second kappa shape index (κ2) is 4.64. The highest BCUT2D eigenvalue weighted by molar-refractivity contribution is 7.48. The summed E-state index contributed by atoms with van der Waals surface area (Å²) in [5.41, 5.74) is 0. The van der Waals surface area contributed by atoms with E-state index in [1.165, 1.54) is 0 Å². The van der Waals surface area contributed by atoms with Gasteiger partial charge in [0.1, 0.15) is 0 Å². The van der Waals surface area contributed by atoms with Crippen molar-refractivity contribution in [2.24, 2.45) is 0 Å². The van der Waals surface area contributed by atoms with Gasteiger partial charge in [0.15, 0.2) is 0 Å². The number of hydrogen-bond donors (Lipinski definition) is 0. The SMILES string of the molecule is C=CC(=O)O[Si](Cl)(Cl)c1ccccc1. The monoisotopic (exact) mass is 246 g/mol. The molecule has 0 saturated carbocycles. The Morgan fingerprint density at radius 3 is 2.43 bits per heavy atom. The van der Waals surface area contributed by atoms with Crippen molar-refractivity contribution in [1.29, 1.82) is 0 Å². The van der Waals surface area contributed by atoms with E-state index in [0.717, 1.165) is 6.08 Å². The minimum Gasteiger partial charge on any atom is -0.485 e. The Morgan fingerprint density at radius 1 is 1.36 bits per heavy atom. The van der Waals surface area contributed by atoms with Crippen molar-refractivity contribution in [3.05, 3.63) is 43.0 Å². The topological polar surface area (TPSA) is 26.3 Å². The van der Waals surface area contributed by atoms with Crippen LogP contribution in [0.3, 0.4) is 0 Å². The maximum Gasteiger partial charge on any atom is 0.486 e. The number of carbonyl (C=O) groups excluding carboxylic acids is 1. The molecule has 0 saturated heterocycles. The summed E-state index contributed by atoms with van der Waals surface area (Å²) < 4.78 is 4.89. The Morgan fingerprint density at radius 2 is 1.93 bits per heavy atom. The van der Waals surface area contributed by atoms with Gasteiger partial charge in [-0.1, -0.05) is 59.1 Å². The molecule has 0 heterocycles. The molecule has 0 fully saturated rings. The number of carbonyl (C=O) groups is 1. The molecule has 0 atom stereocenters. The lowest BCUT2D eigenvalue weighted by Gasteiger charge is -2.15. The molecule has 0 aliphatic carbocycles. The molecule has 0 spiro atoms. The minimum atomic E-state index is -3.14. The van der Waals surface area contributed by atoms with Crippen LogP contribution >= 0.6 is 22.2 Å². The zero-order chi connectivity index (χ0) is 10.6. The molecule has 0 aliphatic heterocycles. The predicted octanol–water partition coefficient (Wildman–Crippen LogP) is 2.04. The quantitative estimate of drug-likeness (QED) is 0.464. The van der Waals surface area contributed by atoms with Gasteiger partial charge in [-0.25, -0.2) is 4.79 Å². The van der Waals surface area contributed by atoms with Crippen molar-refractivity contribution in [2.75, 3.05) is 0 Å². The molecule has 1 aromatic carbocycles. The molecular formula is C9H8Cl2O2Si. The van der Waals surface area contributed by atoms with Gasteiger partial charge in [0.25, 0.3) is 0 Å². The molecule has 1 aromatic rings. The van der Waals surface area contributed by atoms with Gasteiger partial charge in [0.05, 0.1) is 0 Å². The summed E-state index contributed by atoms with van der Waals surface area (Å²) in [6.07, 6.45) is 1.04. The van der Waals surface area contributed by atoms with Crippen LogP contribution in [0.15, 0.2) is 43.0 Å². The fraction of sp³-hybridized carbons (Fsp3) is 0. The smallest absolute Gasteiger partial charge is 0.485 e. The molecular weight excluding hydrogens is 239 g/mol. The lowest BCUT2D eigenvalue weighted by Crippen LogP contribution is -2.41. The van der Waals surface area contributed by atoms with E-state index in [1.807, 2.05) is 6.07 Å². The van der Waals surface area contributed by atoms with Crippen LogP contribution in [0.2, 0.25) is 0 Å². The molecule has 5 heteroatoms. The Bertz CT molecular complexity index is 338. The lowest BCUT2D eigenvalue weighted by atomic mass is 10.4. The third kappa shape index (κ3) is 2.87. The maximum absolute atomic E-state index is 10.9. The molecule has 0 unspecified atom stereocenters. The standard InChI is InChI=1S/C9H8Cl2O2Si/c1-2-9(12)13-14(10,11)8-6-4-3-5-7-8/h2-7H,1H2. The van der Waals surface area contributed by atoms with Gasteiger partial charge in [0, 0.05) is 11.3 Å². The summed E-state index contributed by atoms with van der Waals surface area (Å²) in [5.74, 6) is -0.606. The zero-order valence-corrected chi connectivity index (χ0v) is 9.76. The second-order valence-electron chi connectivity index (χ2n) is 2.51. The van der Waals surface area contributed by atoms with Crippen molar-refractivity contribution in [1.82, 2.24) is 0 Å². The summed E-state index contributed by atoms with van der Waals surface area (Å²) in [4.78, 5) is 10.9. The van der Waals surface area contributed by atoms with Crippen LogP contribution < -0.4 is 5.19 Å². The number of halogens is 2. The fourth-order valence-electron chi connectivity index (χ4n) is 0.859. The molecule has 1 rings (SSSR count). The molecule has 0 N–H and O–H groups in total. The normalized spacial score (nSPS) is 10.7. The van der Waals surface area contributed by atoms with E-state index in [-0.39, 0.29) is 0 Å². The number of rotatable bonds is 3. The first-order chi connectivity index (χ1) is 6.56. The summed E-state index contributed by atoms with van der Waals surface area (Å²) in [6, 6.07) is 8.84. The summed E-state index contributed by atoms with van der Waals surface area (Å²) in [5, 5.41) is 0.638. The minimum absolute atomic E-state index is 0.606. The van der Waals surface area contributed by atoms with E-state index in [2.05, 4.69) is 6.58 Å². The van der Waals surface area contributed by atoms with Crippen LogP contribution in [0.25, 0.3) is 0 Å². The van der Waals surface area contributed by atoms with Crippen LogP contribution in [-0.2, 0) is 9.22 Å². The third-order valence-corrected chi connectivity index (χ3v) is 4.74. The van der Waals surface area contributed by atoms with Gasteiger partial charge < -0.3 is 4.43 Å². The average molecular weight is 247 g/mol. The molecule has 14 heavy (non-hydrogen) atoms. The largest absolute Gasteiger partial charge is 0.486 e. The van der Waals surface area contributed by atoms with Crippen LogP contribution in [0.4, 0.5) is 0 Å². The van der Waals surface area contributed by atoms with Crippen molar-refractivity contribution in [3.63, 3.8) is 0 Å². The summed E-state index contributed by atoms with van der Waals surface area (Å²) in [7, 11) is 0. The Labute approximate surface area is 92.6 Å². The highest BCUT2D eigenvalue weighted by atomic mass is 35.7. The Kier molecular flexibility index (Phi) is 3.75. The first-order valence-corrected chi connectivity index (χ1v) is 7.78. The van der Waals surface area contributed by atoms with Gasteiger partial charge in [-0.3, -0.25) is 0 Å². The lowest BCUT2D eigenvalue weighted by molar-refractivity contribution is -0.129. The Balaban J connectivity index is 2.85. The van der Waals surface area contributed by atoms with Crippen molar-refractivity contribution < 1.29 is 9.22 Å². The number of benzene rings is 1. The first-order valence-electron chi connectivity index (χ1n) is 3.85. The molecule has 2 nitrogen and oxygen atoms in total.